The van der Waals surface area contributed by atoms with E-state index < -0.39 is 0 Å². The molecule has 1 aliphatic carbocycles. The lowest BCUT2D eigenvalue weighted by molar-refractivity contribution is 0.0699. The zero-order valence-electron chi connectivity index (χ0n) is 11.5. The Bertz CT molecular complexity index is 257. The van der Waals surface area contributed by atoms with Crippen LogP contribution in [0.1, 0.15) is 46.5 Å². The first-order valence-electron chi connectivity index (χ1n) is 6.85. The van der Waals surface area contributed by atoms with Crippen molar-refractivity contribution in [2.45, 2.75) is 52.0 Å². The van der Waals surface area contributed by atoms with Gasteiger partial charge in [-0.3, -0.25) is 0 Å². The Labute approximate surface area is 105 Å². The molecular weight excluding hydrogens is 214 g/mol. The molecule has 4 heteroatoms. The number of nitrogens with one attached hydrogen (secondary N) is 1. The summed E-state index contributed by atoms with van der Waals surface area (Å²) in [7, 11) is 0. The van der Waals surface area contributed by atoms with E-state index in [1.165, 1.54) is 12.8 Å². The Morgan fingerprint density at radius 2 is 2.24 bits per heavy atom. The van der Waals surface area contributed by atoms with E-state index in [4.69, 9.17) is 5.73 Å². The summed E-state index contributed by atoms with van der Waals surface area (Å²) in [4.78, 5) is 14.1. The highest BCUT2D eigenvalue weighted by Crippen LogP contribution is 2.36. The van der Waals surface area contributed by atoms with Crippen molar-refractivity contribution in [2.75, 3.05) is 19.6 Å². The second-order valence-corrected chi connectivity index (χ2v) is 5.21. The smallest absolute Gasteiger partial charge is 0.317 e. The fraction of sp³-hybridized carbons (Fsp3) is 0.923. The third-order valence-electron chi connectivity index (χ3n) is 3.91. The number of nitrogens with zero attached hydrogens (tertiary/aromatic N) is 1. The van der Waals surface area contributed by atoms with Crippen LogP contribution in [-0.2, 0) is 0 Å². The number of carbonyl (C=O) groups excluding carboxylic acids is 1. The number of nitrogens with two attached hydrogens (primary N) is 1. The fourth-order valence-electron chi connectivity index (χ4n) is 3.11. The van der Waals surface area contributed by atoms with Gasteiger partial charge in [0, 0.05) is 19.6 Å². The van der Waals surface area contributed by atoms with Gasteiger partial charge in [0.1, 0.15) is 0 Å². The maximum Gasteiger partial charge on any atom is 0.317 e. The molecule has 2 atom stereocenters. The molecule has 2 amide bonds. The highest BCUT2D eigenvalue weighted by Gasteiger charge is 2.40. The van der Waals surface area contributed by atoms with Gasteiger partial charge in [0.15, 0.2) is 0 Å². The van der Waals surface area contributed by atoms with E-state index in [1.54, 1.807) is 0 Å². The molecule has 17 heavy (non-hydrogen) atoms. The van der Waals surface area contributed by atoms with Gasteiger partial charge in [-0.1, -0.05) is 19.8 Å². The van der Waals surface area contributed by atoms with Crippen molar-refractivity contribution in [3.8, 4) is 0 Å². The first kappa shape index (κ1) is 14.3. The van der Waals surface area contributed by atoms with E-state index in [9.17, 15) is 4.79 Å². The van der Waals surface area contributed by atoms with Crippen molar-refractivity contribution in [3.63, 3.8) is 0 Å². The molecule has 0 aromatic heterocycles. The van der Waals surface area contributed by atoms with Crippen molar-refractivity contribution < 1.29 is 4.79 Å². The van der Waals surface area contributed by atoms with E-state index in [1.807, 2.05) is 18.7 Å². The molecule has 100 valence electrons. The summed E-state index contributed by atoms with van der Waals surface area (Å²) in [6.45, 7) is 8.22. The number of likely N-dealkylation sites (N-methyl/N-ethyl adjacent to an activating group) is 1. The van der Waals surface area contributed by atoms with Crippen LogP contribution < -0.4 is 11.1 Å². The Kier molecular flexibility index (Phi) is 5.25. The number of carbonyl (C=O) groups is 1. The maximum atomic E-state index is 12.1. The first-order chi connectivity index (χ1) is 8.09. The molecule has 4 nitrogen and oxygen atoms in total. The lowest BCUT2D eigenvalue weighted by atomic mass is 9.75. The van der Waals surface area contributed by atoms with E-state index in [0.717, 1.165) is 19.4 Å². The normalized spacial score (nSPS) is 28.8. The number of hydrogen-bond donors (Lipinski definition) is 2. The van der Waals surface area contributed by atoms with Crippen LogP contribution in [0.3, 0.4) is 0 Å². The predicted molar refractivity (Wildman–Crippen MR) is 70.9 cm³/mol. The fourth-order valence-corrected chi connectivity index (χ4v) is 3.11. The molecule has 1 aliphatic rings. The summed E-state index contributed by atoms with van der Waals surface area (Å²) < 4.78 is 0. The van der Waals surface area contributed by atoms with Crippen LogP contribution >= 0.6 is 0 Å². The Balaban J connectivity index is 2.84. The third kappa shape index (κ3) is 3.12. The molecule has 0 aromatic rings. The minimum absolute atomic E-state index is 0.0366. The standard InChI is InChI=1S/C13H27N3O/c1-4-15-12(17)16(5-2)13(10-14)8-6-7-11(3)9-13/h11H,4-10,14H2,1-3H3,(H,15,17). The molecule has 0 heterocycles. The molecule has 1 saturated carbocycles. The minimum Gasteiger partial charge on any atom is -0.338 e. The minimum atomic E-state index is -0.119. The number of urea groups is 1. The van der Waals surface area contributed by atoms with Gasteiger partial charge in [0.2, 0.25) is 0 Å². The van der Waals surface area contributed by atoms with Crippen molar-refractivity contribution in [1.82, 2.24) is 10.2 Å². The first-order valence-corrected chi connectivity index (χ1v) is 6.85. The van der Waals surface area contributed by atoms with Crippen molar-refractivity contribution >= 4 is 6.03 Å². The molecular formula is C13H27N3O. The molecule has 1 fully saturated rings. The zero-order valence-corrected chi connectivity index (χ0v) is 11.5. The van der Waals surface area contributed by atoms with E-state index in [2.05, 4.69) is 12.2 Å². The van der Waals surface area contributed by atoms with Crippen molar-refractivity contribution in [3.05, 3.63) is 0 Å². The van der Waals surface area contributed by atoms with Gasteiger partial charge in [-0.15, -0.1) is 0 Å². The SMILES string of the molecule is CCNC(=O)N(CC)C1(CN)CCCC(C)C1. The Morgan fingerprint density at radius 3 is 2.71 bits per heavy atom. The average Bonchev–Trinajstić information content (AvgIpc) is 2.30. The quantitative estimate of drug-likeness (QED) is 0.790. The van der Waals surface area contributed by atoms with E-state index in [-0.39, 0.29) is 11.6 Å². The molecule has 0 radical (unpaired) electrons. The molecule has 3 N–H and O–H groups in total. The number of rotatable bonds is 4. The molecule has 0 aliphatic heterocycles. The monoisotopic (exact) mass is 241 g/mol. The van der Waals surface area contributed by atoms with Crippen molar-refractivity contribution in [2.24, 2.45) is 11.7 Å². The second kappa shape index (κ2) is 6.24. The van der Waals surface area contributed by atoms with E-state index >= 15 is 0 Å². The summed E-state index contributed by atoms with van der Waals surface area (Å²) in [5, 5.41) is 2.90. The number of amides is 2. The number of hydrogen-bond acceptors (Lipinski definition) is 2. The molecule has 0 saturated heterocycles. The van der Waals surface area contributed by atoms with Gasteiger partial charge in [-0.25, -0.2) is 4.79 Å². The predicted octanol–water partition coefficient (Wildman–Crippen LogP) is 1.95. The summed E-state index contributed by atoms with van der Waals surface area (Å²) >= 11 is 0. The van der Waals surface area contributed by atoms with Gasteiger partial charge >= 0.3 is 6.03 Å². The molecule has 0 bridgehead atoms. The van der Waals surface area contributed by atoms with Gasteiger partial charge < -0.3 is 16.0 Å². The maximum absolute atomic E-state index is 12.1. The zero-order chi connectivity index (χ0) is 12.9. The van der Waals surface area contributed by atoms with Crippen LogP contribution in [-0.4, -0.2) is 36.1 Å². The lowest BCUT2D eigenvalue weighted by Crippen LogP contribution is -2.60. The Morgan fingerprint density at radius 1 is 1.53 bits per heavy atom. The Hall–Kier alpha value is -0.770. The van der Waals surface area contributed by atoms with E-state index in [0.29, 0.717) is 19.0 Å². The van der Waals surface area contributed by atoms with Crippen LogP contribution in [0.5, 0.6) is 0 Å². The molecule has 0 spiro atoms. The second-order valence-electron chi connectivity index (χ2n) is 5.21. The van der Waals surface area contributed by atoms with Crippen LogP contribution in [0, 0.1) is 5.92 Å². The van der Waals surface area contributed by atoms with Gasteiger partial charge in [0.05, 0.1) is 5.54 Å². The summed E-state index contributed by atoms with van der Waals surface area (Å²) in [5.41, 5.74) is 5.87. The molecule has 1 rings (SSSR count). The van der Waals surface area contributed by atoms with Crippen LogP contribution in [0.2, 0.25) is 0 Å². The van der Waals surface area contributed by atoms with Crippen LogP contribution in [0.25, 0.3) is 0 Å². The van der Waals surface area contributed by atoms with Crippen LogP contribution in [0.4, 0.5) is 4.79 Å². The molecule has 2 unspecified atom stereocenters. The van der Waals surface area contributed by atoms with Crippen molar-refractivity contribution in [1.29, 1.82) is 0 Å². The summed E-state index contributed by atoms with van der Waals surface area (Å²) in [6, 6.07) is 0.0366. The molecule has 0 aromatic carbocycles. The van der Waals surface area contributed by atoms with Crippen LogP contribution in [0.15, 0.2) is 0 Å². The topological polar surface area (TPSA) is 58.4 Å². The largest absolute Gasteiger partial charge is 0.338 e. The van der Waals surface area contributed by atoms with Gasteiger partial charge in [-0.05, 0) is 32.6 Å². The highest BCUT2D eigenvalue weighted by molar-refractivity contribution is 5.75. The van der Waals surface area contributed by atoms with Gasteiger partial charge in [0.25, 0.3) is 0 Å². The average molecular weight is 241 g/mol. The third-order valence-corrected chi connectivity index (χ3v) is 3.91. The van der Waals surface area contributed by atoms with Gasteiger partial charge in [-0.2, -0.15) is 0 Å². The summed E-state index contributed by atoms with van der Waals surface area (Å²) in [5.74, 6) is 0.663. The highest BCUT2D eigenvalue weighted by atomic mass is 16.2. The lowest BCUT2D eigenvalue weighted by Gasteiger charge is -2.47. The summed E-state index contributed by atoms with van der Waals surface area (Å²) in [6.07, 6.45) is 4.51.